The number of carbonyl (C=O) groups is 1. The lowest BCUT2D eigenvalue weighted by atomic mass is 10.0. The SMILES string of the molecule is C[C@@H](CO)NC(=O)N1CC(C#N)C1. The summed E-state index contributed by atoms with van der Waals surface area (Å²) in [6.45, 7) is 2.65. The van der Waals surface area contributed by atoms with Gasteiger partial charge in [-0.2, -0.15) is 5.26 Å². The Morgan fingerprint density at radius 2 is 2.46 bits per heavy atom. The molecular formula is C8H13N3O2. The van der Waals surface area contributed by atoms with Gasteiger partial charge in [0.05, 0.1) is 24.6 Å². The van der Waals surface area contributed by atoms with Crippen LogP contribution in [0.25, 0.3) is 0 Å². The van der Waals surface area contributed by atoms with Crippen molar-refractivity contribution in [1.82, 2.24) is 10.2 Å². The van der Waals surface area contributed by atoms with Crippen LogP contribution in [0, 0.1) is 17.2 Å². The van der Waals surface area contributed by atoms with E-state index in [1.165, 1.54) is 0 Å². The molecule has 2 N–H and O–H groups in total. The zero-order chi connectivity index (χ0) is 9.84. The van der Waals surface area contributed by atoms with Gasteiger partial charge in [-0.15, -0.1) is 0 Å². The Kier molecular flexibility index (Phi) is 3.09. The number of urea groups is 1. The summed E-state index contributed by atoms with van der Waals surface area (Å²) in [5.41, 5.74) is 0. The van der Waals surface area contributed by atoms with Crippen molar-refractivity contribution in [1.29, 1.82) is 5.26 Å². The van der Waals surface area contributed by atoms with Crippen LogP contribution in [-0.2, 0) is 0 Å². The van der Waals surface area contributed by atoms with Gasteiger partial charge in [-0.1, -0.05) is 0 Å². The Bertz CT molecular complexity index is 230. The van der Waals surface area contributed by atoms with Crippen molar-refractivity contribution in [2.75, 3.05) is 19.7 Å². The first-order valence-corrected chi connectivity index (χ1v) is 4.23. The van der Waals surface area contributed by atoms with Crippen molar-refractivity contribution >= 4 is 6.03 Å². The molecule has 1 aliphatic rings. The van der Waals surface area contributed by atoms with Crippen LogP contribution in [0.1, 0.15) is 6.92 Å². The first kappa shape index (κ1) is 9.81. The number of rotatable bonds is 2. The highest BCUT2D eigenvalue weighted by molar-refractivity contribution is 5.75. The van der Waals surface area contributed by atoms with Crippen LogP contribution in [0.5, 0.6) is 0 Å². The first-order valence-electron chi connectivity index (χ1n) is 4.23. The maximum Gasteiger partial charge on any atom is 0.317 e. The predicted molar refractivity (Wildman–Crippen MR) is 45.8 cm³/mol. The van der Waals surface area contributed by atoms with Gasteiger partial charge in [0, 0.05) is 13.1 Å². The number of nitrogens with one attached hydrogen (secondary N) is 1. The third-order valence-corrected chi connectivity index (χ3v) is 2.00. The number of hydrogen-bond acceptors (Lipinski definition) is 3. The van der Waals surface area contributed by atoms with E-state index in [0.717, 1.165) is 0 Å². The molecule has 1 heterocycles. The molecule has 0 spiro atoms. The smallest absolute Gasteiger partial charge is 0.317 e. The third-order valence-electron chi connectivity index (χ3n) is 2.00. The molecule has 1 saturated heterocycles. The standard InChI is InChI=1S/C8H13N3O2/c1-6(5-12)10-8(13)11-3-7(2-9)4-11/h6-7,12H,3-5H2,1H3,(H,10,13)/t6-/m0/s1. The molecule has 1 aliphatic heterocycles. The summed E-state index contributed by atoms with van der Waals surface area (Å²) < 4.78 is 0. The second-order valence-electron chi connectivity index (χ2n) is 3.26. The van der Waals surface area contributed by atoms with E-state index in [1.54, 1.807) is 11.8 Å². The van der Waals surface area contributed by atoms with Gasteiger partial charge in [-0.25, -0.2) is 4.79 Å². The minimum atomic E-state index is -0.228. The molecule has 0 bridgehead atoms. The monoisotopic (exact) mass is 183 g/mol. The largest absolute Gasteiger partial charge is 0.394 e. The number of carbonyl (C=O) groups excluding carboxylic acids is 1. The maximum absolute atomic E-state index is 11.3. The van der Waals surface area contributed by atoms with Gasteiger partial charge in [-0.3, -0.25) is 0 Å². The number of aliphatic hydroxyl groups excluding tert-OH is 1. The summed E-state index contributed by atoms with van der Waals surface area (Å²) in [6.07, 6.45) is 0. The van der Waals surface area contributed by atoms with Crippen molar-refractivity contribution < 1.29 is 9.90 Å². The second-order valence-corrected chi connectivity index (χ2v) is 3.26. The molecule has 1 fully saturated rings. The molecule has 5 nitrogen and oxygen atoms in total. The fourth-order valence-electron chi connectivity index (χ4n) is 1.07. The van der Waals surface area contributed by atoms with Crippen LogP contribution in [-0.4, -0.2) is 41.8 Å². The lowest BCUT2D eigenvalue weighted by Crippen LogP contribution is -2.55. The van der Waals surface area contributed by atoms with Crippen LogP contribution < -0.4 is 5.32 Å². The molecule has 0 saturated carbocycles. The molecule has 13 heavy (non-hydrogen) atoms. The van der Waals surface area contributed by atoms with E-state index in [9.17, 15) is 4.79 Å². The quantitative estimate of drug-likeness (QED) is 0.607. The predicted octanol–water partition coefficient (Wildman–Crippen LogP) is -0.468. The molecular weight excluding hydrogens is 170 g/mol. The van der Waals surface area contributed by atoms with Crippen LogP contribution in [0.15, 0.2) is 0 Å². The summed E-state index contributed by atoms with van der Waals surface area (Å²) in [7, 11) is 0. The van der Waals surface area contributed by atoms with E-state index in [1.807, 2.05) is 0 Å². The van der Waals surface area contributed by atoms with Gasteiger partial charge < -0.3 is 15.3 Å². The van der Waals surface area contributed by atoms with Gasteiger partial charge in [0.2, 0.25) is 0 Å². The lowest BCUT2D eigenvalue weighted by molar-refractivity contribution is 0.136. The number of aliphatic hydroxyl groups is 1. The Hall–Kier alpha value is -1.28. The maximum atomic E-state index is 11.3. The molecule has 1 atom stereocenters. The van der Waals surface area contributed by atoms with Crippen molar-refractivity contribution in [3.05, 3.63) is 0 Å². The fourth-order valence-corrected chi connectivity index (χ4v) is 1.07. The van der Waals surface area contributed by atoms with E-state index in [2.05, 4.69) is 11.4 Å². The molecule has 0 aromatic rings. The average Bonchev–Trinajstić information content (AvgIpc) is 2.02. The number of nitrogens with zero attached hydrogens (tertiary/aromatic N) is 2. The average molecular weight is 183 g/mol. The molecule has 0 aliphatic carbocycles. The second kappa shape index (κ2) is 4.10. The summed E-state index contributed by atoms with van der Waals surface area (Å²) in [4.78, 5) is 12.8. The highest BCUT2D eigenvalue weighted by atomic mass is 16.3. The Morgan fingerprint density at radius 1 is 1.85 bits per heavy atom. The van der Waals surface area contributed by atoms with Gasteiger partial charge >= 0.3 is 6.03 Å². The fraction of sp³-hybridized carbons (Fsp3) is 0.750. The Labute approximate surface area is 76.9 Å². The molecule has 0 unspecified atom stereocenters. The number of amides is 2. The van der Waals surface area contributed by atoms with Gasteiger partial charge in [0.15, 0.2) is 0 Å². The summed E-state index contributed by atoms with van der Waals surface area (Å²) in [5, 5.41) is 19.7. The van der Waals surface area contributed by atoms with Crippen molar-refractivity contribution in [2.24, 2.45) is 5.92 Å². The highest BCUT2D eigenvalue weighted by Gasteiger charge is 2.30. The summed E-state index contributed by atoms with van der Waals surface area (Å²) in [5.74, 6) is -0.0183. The molecule has 0 radical (unpaired) electrons. The number of hydrogen-bond donors (Lipinski definition) is 2. The van der Waals surface area contributed by atoms with E-state index >= 15 is 0 Å². The molecule has 0 aromatic carbocycles. The summed E-state index contributed by atoms with van der Waals surface area (Å²) >= 11 is 0. The lowest BCUT2D eigenvalue weighted by Gasteiger charge is -2.35. The first-order chi connectivity index (χ1) is 6.17. The van der Waals surface area contributed by atoms with Crippen LogP contribution >= 0.6 is 0 Å². The molecule has 5 heteroatoms. The third kappa shape index (κ3) is 2.33. The van der Waals surface area contributed by atoms with Gasteiger partial charge in [-0.05, 0) is 6.92 Å². The topological polar surface area (TPSA) is 76.4 Å². The van der Waals surface area contributed by atoms with E-state index in [-0.39, 0.29) is 24.6 Å². The molecule has 1 rings (SSSR count). The number of likely N-dealkylation sites (tertiary alicyclic amines) is 1. The van der Waals surface area contributed by atoms with Crippen molar-refractivity contribution in [3.63, 3.8) is 0 Å². The van der Waals surface area contributed by atoms with Gasteiger partial charge in [0.1, 0.15) is 0 Å². The van der Waals surface area contributed by atoms with Crippen LogP contribution in [0.3, 0.4) is 0 Å². The zero-order valence-electron chi connectivity index (χ0n) is 7.53. The Morgan fingerprint density at radius 3 is 2.92 bits per heavy atom. The minimum Gasteiger partial charge on any atom is -0.394 e. The minimum absolute atomic E-state index is 0.0183. The van der Waals surface area contributed by atoms with Gasteiger partial charge in [0.25, 0.3) is 0 Å². The summed E-state index contributed by atoms with van der Waals surface area (Å²) in [6, 6.07) is 1.65. The normalized spacial score (nSPS) is 18.7. The van der Waals surface area contributed by atoms with E-state index in [4.69, 9.17) is 10.4 Å². The Balaban J connectivity index is 2.24. The molecule has 72 valence electrons. The van der Waals surface area contributed by atoms with Crippen molar-refractivity contribution in [3.8, 4) is 6.07 Å². The van der Waals surface area contributed by atoms with E-state index in [0.29, 0.717) is 13.1 Å². The van der Waals surface area contributed by atoms with E-state index < -0.39 is 0 Å². The van der Waals surface area contributed by atoms with Crippen LogP contribution in [0.4, 0.5) is 4.79 Å². The van der Waals surface area contributed by atoms with Crippen LogP contribution in [0.2, 0.25) is 0 Å². The molecule has 2 amide bonds. The molecule has 0 aromatic heterocycles. The van der Waals surface area contributed by atoms with Crippen molar-refractivity contribution in [2.45, 2.75) is 13.0 Å². The zero-order valence-corrected chi connectivity index (χ0v) is 7.53. The number of nitriles is 1. The highest BCUT2D eigenvalue weighted by Crippen LogP contribution is 2.13.